The summed E-state index contributed by atoms with van der Waals surface area (Å²) >= 11 is 1.78. The van der Waals surface area contributed by atoms with Gasteiger partial charge in [-0.2, -0.15) is 0 Å². The second-order valence-electron chi connectivity index (χ2n) is 3.84. The van der Waals surface area contributed by atoms with E-state index in [1.54, 1.807) is 11.3 Å². The third-order valence-corrected chi connectivity index (χ3v) is 3.67. The van der Waals surface area contributed by atoms with E-state index in [4.69, 9.17) is 4.42 Å². The van der Waals surface area contributed by atoms with Gasteiger partial charge in [0.1, 0.15) is 11.5 Å². The Hall–Kier alpha value is -1.06. The lowest BCUT2D eigenvalue weighted by Gasteiger charge is -2.10. The summed E-state index contributed by atoms with van der Waals surface area (Å²) in [4.78, 5) is 1.36. The van der Waals surface area contributed by atoms with Crippen molar-refractivity contribution in [3.8, 4) is 0 Å². The number of rotatable bonds is 5. The van der Waals surface area contributed by atoms with E-state index in [0.717, 1.165) is 24.5 Å². The van der Waals surface area contributed by atoms with Crippen molar-refractivity contribution >= 4 is 11.3 Å². The molecule has 0 radical (unpaired) electrons. The Morgan fingerprint density at radius 2 is 2.12 bits per heavy atom. The zero-order chi connectivity index (χ0) is 11.4. The molecular weight excluding hydrogens is 218 g/mol. The van der Waals surface area contributed by atoms with Crippen LogP contribution in [0.2, 0.25) is 0 Å². The van der Waals surface area contributed by atoms with Gasteiger partial charge in [0.05, 0.1) is 6.54 Å². The third-order valence-electron chi connectivity index (χ3n) is 2.62. The van der Waals surface area contributed by atoms with Gasteiger partial charge in [-0.05, 0) is 30.5 Å². The first kappa shape index (κ1) is 11.4. The van der Waals surface area contributed by atoms with Gasteiger partial charge in [0.2, 0.25) is 0 Å². The normalized spacial score (nSPS) is 12.9. The van der Waals surface area contributed by atoms with Crippen LogP contribution in [0.3, 0.4) is 0 Å². The summed E-state index contributed by atoms with van der Waals surface area (Å²) in [6, 6.07) is 8.72. The van der Waals surface area contributed by atoms with Gasteiger partial charge >= 0.3 is 0 Å². The smallest absolute Gasteiger partial charge is 0.117 e. The maximum absolute atomic E-state index is 5.64. The first-order chi connectivity index (χ1) is 7.79. The highest BCUT2D eigenvalue weighted by Gasteiger charge is 2.07. The summed E-state index contributed by atoms with van der Waals surface area (Å²) in [6.45, 7) is 5.07. The largest absolute Gasteiger partial charge is 0.465 e. The van der Waals surface area contributed by atoms with Crippen molar-refractivity contribution in [2.24, 2.45) is 0 Å². The Kier molecular flexibility index (Phi) is 3.80. The fourth-order valence-corrected chi connectivity index (χ4v) is 2.36. The molecule has 0 aliphatic carbocycles. The Morgan fingerprint density at radius 1 is 1.31 bits per heavy atom. The van der Waals surface area contributed by atoms with Crippen molar-refractivity contribution < 1.29 is 4.42 Å². The minimum absolute atomic E-state index is 0.384. The molecule has 1 atom stereocenters. The Morgan fingerprint density at radius 3 is 2.75 bits per heavy atom. The molecule has 86 valence electrons. The molecule has 2 rings (SSSR count). The lowest BCUT2D eigenvalue weighted by atomic mass is 10.2. The van der Waals surface area contributed by atoms with Gasteiger partial charge in [-0.25, -0.2) is 0 Å². The average Bonchev–Trinajstić information content (AvgIpc) is 2.96. The zero-order valence-corrected chi connectivity index (χ0v) is 10.5. The van der Waals surface area contributed by atoms with Crippen LogP contribution in [0, 0.1) is 0 Å². The standard InChI is InChI=1S/C13H17NOS/c1-3-11-6-7-12(15-11)9-14-10(2)13-5-4-8-16-13/h4-8,10,14H,3,9H2,1-2H3/t10-/m1/s1. The molecule has 0 amide bonds. The molecule has 2 aromatic heterocycles. The van der Waals surface area contributed by atoms with Crippen molar-refractivity contribution in [2.75, 3.05) is 0 Å². The Labute approximate surface area is 100 Å². The molecule has 0 spiro atoms. The van der Waals surface area contributed by atoms with Crippen molar-refractivity contribution in [3.05, 3.63) is 46.0 Å². The van der Waals surface area contributed by atoms with Crippen molar-refractivity contribution in [1.29, 1.82) is 0 Å². The van der Waals surface area contributed by atoms with Gasteiger partial charge in [-0.1, -0.05) is 13.0 Å². The fraction of sp³-hybridized carbons (Fsp3) is 0.385. The maximum Gasteiger partial charge on any atom is 0.117 e. The van der Waals surface area contributed by atoms with Crippen LogP contribution in [0.25, 0.3) is 0 Å². The quantitative estimate of drug-likeness (QED) is 0.853. The molecule has 2 nitrogen and oxygen atoms in total. The molecule has 0 fully saturated rings. The van der Waals surface area contributed by atoms with E-state index in [0.29, 0.717) is 6.04 Å². The van der Waals surface area contributed by atoms with E-state index in [-0.39, 0.29) is 0 Å². The Bertz CT molecular complexity index is 419. The van der Waals surface area contributed by atoms with E-state index in [9.17, 15) is 0 Å². The first-order valence-electron chi connectivity index (χ1n) is 5.64. The molecular formula is C13H17NOS. The number of nitrogens with one attached hydrogen (secondary N) is 1. The van der Waals surface area contributed by atoms with Gasteiger partial charge in [0.15, 0.2) is 0 Å². The highest BCUT2D eigenvalue weighted by atomic mass is 32.1. The van der Waals surface area contributed by atoms with Crippen LogP contribution in [0.4, 0.5) is 0 Å². The molecule has 2 heterocycles. The van der Waals surface area contributed by atoms with Crippen LogP contribution in [0.15, 0.2) is 34.1 Å². The van der Waals surface area contributed by atoms with Gasteiger partial charge in [0, 0.05) is 17.3 Å². The molecule has 0 aromatic carbocycles. The van der Waals surface area contributed by atoms with Crippen LogP contribution in [0.1, 0.15) is 36.3 Å². The summed E-state index contributed by atoms with van der Waals surface area (Å²) in [5.41, 5.74) is 0. The topological polar surface area (TPSA) is 25.2 Å². The lowest BCUT2D eigenvalue weighted by Crippen LogP contribution is -2.16. The molecule has 0 unspecified atom stereocenters. The maximum atomic E-state index is 5.64. The van der Waals surface area contributed by atoms with Gasteiger partial charge in [-0.15, -0.1) is 11.3 Å². The second-order valence-corrected chi connectivity index (χ2v) is 4.82. The van der Waals surface area contributed by atoms with Crippen molar-refractivity contribution in [3.63, 3.8) is 0 Å². The fourth-order valence-electron chi connectivity index (χ4n) is 1.60. The molecule has 0 saturated carbocycles. The van der Waals surface area contributed by atoms with E-state index < -0.39 is 0 Å². The van der Waals surface area contributed by atoms with E-state index in [1.165, 1.54) is 4.88 Å². The van der Waals surface area contributed by atoms with Crippen molar-refractivity contribution in [2.45, 2.75) is 32.9 Å². The summed E-state index contributed by atoms with van der Waals surface area (Å²) in [5, 5.41) is 5.56. The van der Waals surface area contributed by atoms with Crippen molar-refractivity contribution in [1.82, 2.24) is 5.32 Å². The highest BCUT2D eigenvalue weighted by molar-refractivity contribution is 7.10. The van der Waals surface area contributed by atoms with Crippen LogP contribution in [-0.2, 0) is 13.0 Å². The van der Waals surface area contributed by atoms with E-state index >= 15 is 0 Å². The summed E-state index contributed by atoms with van der Waals surface area (Å²) in [5.74, 6) is 2.07. The second kappa shape index (κ2) is 5.32. The average molecular weight is 235 g/mol. The molecule has 2 aromatic rings. The Balaban J connectivity index is 1.87. The first-order valence-corrected chi connectivity index (χ1v) is 6.52. The lowest BCUT2D eigenvalue weighted by molar-refractivity contribution is 0.436. The van der Waals surface area contributed by atoms with Crippen LogP contribution in [0.5, 0.6) is 0 Å². The molecule has 1 N–H and O–H groups in total. The van der Waals surface area contributed by atoms with Crippen LogP contribution >= 0.6 is 11.3 Å². The minimum Gasteiger partial charge on any atom is -0.465 e. The number of thiophene rings is 1. The predicted molar refractivity (Wildman–Crippen MR) is 67.7 cm³/mol. The van der Waals surface area contributed by atoms with E-state index in [2.05, 4.69) is 36.7 Å². The van der Waals surface area contributed by atoms with Gasteiger partial charge in [-0.3, -0.25) is 0 Å². The molecule has 0 aliphatic heterocycles. The van der Waals surface area contributed by atoms with Gasteiger partial charge < -0.3 is 9.73 Å². The number of aryl methyl sites for hydroxylation is 1. The number of hydrogen-bond donors (Lipinski definition) is 1. The monoisotopic (exact) mass is 235 g/mol. The van der Waals surface area contributed by atoms with Crippen LogP contribution < -0.4 is 5.32 Å². The molecule has 16 heavy (non-hydrogen) atoms. The summed E-state index contributed by atoms with van der Waals surface area (Å²) in [7, 11) is 0. The predicted octanol–water partition coefficient (Wildman–Crippen LogP) is 3.75. The molecule has 0 aliphatic rings. The zero-order valence-electron chi connectivity index (χ0n) is 9.69. The van der Waals surface area contributed by atoms with Crippen LogP contribution in [-0.4, -0.2) is 0 Å². The molecule has 0 saturated heterocycles. The summed E-state index contributed by atoms with van der Waals surface area (Å²) < 4.78 is 5.64. The van der Waals surface area contributed by atoms with E-state index in [1.807, 2.05) is 12.1 Å². The molecule has 3 heteroatoms. The third kappa shape index (κ3) is 2.74. The number of hydrogen-bond acceptors (Lipinski definition) is 3. The highest BCUT2D eigenvalue weighted by Crippen LogP contribution is 2.19. The minimum atomic E-state index is 0.384. The summed E-state index contributed by atoms with van der Waals surface area (Å²) in [6.07, 6.45) is 0.959. The SMILES string of the molecule is CCc1ccc(CN[C@H](C)c2cccs2)o1. The molecule has 0 bridgehead atoms. The number of furan rings is 1. The van der Waals surface area contributed by atoms with Gasteiger partial charge in [0.25, 0.3) is 0 Å².